The van der Waals surface area contributed by atoms with Crippen LogP contribution < -0.4 is 4.74 Å². The van der Waals surface area contributed by atoms with Gasteiger partial charge in [0.05, 0.1) is 28.0 Å². The van der Waals surface area contributed by atoms with Crippen LogP contribution in [0.25, 0.3) is 0 Å². The highest BCUT2D eigenvalue weighted by molar-refractivity contribution is 7.92. The normalized spacial score (nSPS) is 22.8. The van der Waals surface area contributed by atoms with Gasteiger partial charge in [0.15, 0.2) is 9.84 Å². The van der Waals surface area contributed by atoms with Gasteiger partial charge in [-0.25, -0.2) is 8.42 Å². The van der Waals surface area contributed by atoms with Gasteiger partial charge in [-0.1, -0.05) is 29.6 Å². The molecule has 2 rings (SSSR count). The summed E-state index contributed by atoms with van der Waals surface area (Å²) in [6.45, 7) is 2.31. The molecule has 2 unspecified atom stereocenters. The van der Waals surface area contributed by atoms with Crippen molar-refractivity contribution in [1.29, 1.82) is 0 Å². The smallest absolute Gasteiger partial charge is 0.154 e. The van der Waals surface area contributed by atoms with Crippen LogP contribution in [0.3, 0.4) is 0 Å². The van der Waals surface area contributed by atoms with E-state index in [-0.39, 0.29) is 5.75 Å². The average molecular weight is 372 g/mol. The van der Waals surface area contributed by atoms with Crippen LogP contribution >= 0.6 is 34.8 Å². The molecule has 21 heavy (non-hydrogen) atoms. The Hall–Kier alpha value is -0.160. The number of rotatable bonds is 4. The molecule has 1 saturated heterocycles. The summed E-state index contributed by atoms with van der Waals surface area (Å²) in [7, 11) is -3.19. The monoisotopic (exact) mass is 370 g/mol. The summed E-state index contributed by atoms with van der Waals surface area (Å²) in [5.74, 6) is 0.659. The fourth-order valence-electron chi connectivity index (χ4n) is 2.53. The van der Waals surface area contributed by atoms with Gasteiger partial charge < -0.3 is 4.74 Å². The van der Waals surface area contributed by atoms with E-state index in [9.17, 15) is 8.42 Å². The number of hydrogen-bond donors (Lipinski definition) is 0. The quantitative estimate of drug-likeness (QED) is 0.724. The van der Waals surface area contributed by atoms with E-state index >= 15 is 0 Å². The molecule has 3 nitrogen and oxygen atoms in total. The Morgan fingerprint density at radius 3 is 2.62 bits per heavy atom. The molecule has 1 aliphatic rings. The lowest BCUT2D eigenvalue weighted by Gasteiger charge is -2.27. The zero-order valence-corrected chi connectivity index (χ0v) is 14.7. The van der Waals surface area contributed by atoms with E-state index in [0.717, 1.165) is 6.42 Å². The van der Waals surface area contributed by atoms with Crippen molar-refractivity contribution in [3.8, 4) is 5.75 Å². The van der Waals surface area contributed by atoms with E-state index in [4.69, 9.17) is 39.5 Å². The number of alkyl halides is 1. The summed E-state index contributed by atoms with van der Waals surface area (Å²) < 4.78 is 29.7. The maximum Gasteiger partial charge on any atom is 0.154 e. The Kier molecular flexibility index (Phi) is 5.69. The molecule has 0 aromatic heterocycles. The van der Waals surface area contributed by atoms with Gasteiger partial charge >= 0.3 is 0 Å². The van der Waals surface area contributed by atoms with Gasteiger partial charge in [0.25, 0.3) is 0 Å². The maximum atomic E-state index is 12.2. The topological polar surface area (TPSA) is 43.4 Å². The number of halogens is 3. The Morgan fingerprint density at radius 1 is 1.29 bits per heavy atom. The van der Waals surface area contributed by atoms with Crippen LogP contribution in [0.5, 0.6) is 5.75 Å². The van der Waals surface area contributed by atoms with Crippen molar-refractivity contribution < 1.29 is 13.2 Å². The van der Waals surface area contributed by atoms with Crippen LogP contribution in [0, 0.1) is 0 Å². The summed E-state index contributed by atoms with van der Waals surface area (Å²) in [4.78, 5) is 0. The molecule has 7 heteroatoms. The van der Waals surface area contributed by atoms with Gasteiger partial charge in [0.2, 0.25) is 0 Å². The van der Waals surface area contributed by atoms with E-state index in [1.807, 2.05) is 6.92 Å². The second-order valence-corrected chi connectivity index (χ2v) is 8.66. The molecule has 1 aromatic carbocycles. The molecule has 1 heterocycles. The summed E-state index contributed by atoms with van der Waals surface area (Å²) in [5.41, 5.74) is 0.544. The molecule has 1 aromatic rings. The van der Waals surface area contributed by atoms with E-state index in [1.54, 1.807) is 12.1 Å². The lowest BCUT2D eigenvalue weighted by Crippen LogP contribution is -2.32. The van der Waals surface area contributed by atoms with Gasteiger partial charge in [-0.2, -0.15) is 0 Å². The predicted octanol–water partition coefficient (Wildman–Crippen LogP) is 4.64. The minimum atomic E-state index is -3.19. The van der Waals surface area contributed by atoms with Crippen molar-refractivity contribution in [3.63, 3.8) is 0 Å². The lowest BCUT2D eigenvalue weighted by molar-refractivity contribution is 0.340. The third-order valence-corrected chi connectivity index (χ3v) is 7.20. The minimum absolute atomic E-state index is 0.184. The molecule has 0 saturated carbocycles. The Labute approximate surface area is 140 Å². The minimum Gasteiger partial charge on any atom is -0.492 e. The third-order valence-electron chi connectivity index (χ3n) is 3.60. The van der Waals surface area contributed by atoms with Gasteiger partial charge in [-0.3, -0.25) is 0 Å². The highest BCUT2D eigenvalue weighted by Crippen LogP contribution is 2.41. The van der Waals surface area contributed by atoms with Gasteiger partial charge in [0, 0.05) is 11.1 Å². The maximum absolute atomic E-state index is 12.2. The molecule has 118 valence electrons. The fourth-order valence-corrected chi connectivity index (χ4v) is 5.81. The molecule has 0 bridgehead atoms. The highest BCUT2D eigenvalue weighted by Gasteiger charge is 2.36. The molecule has 0 amide bonds. The molecule has 0 N–H and O–H groups in total. The first-order valence-electron chi connectivity index (χ1n) is 6.84. The number of ether oxygens (including phenoxy) is 1. The Bertz CT molecular complexity index is 616. The third kappa shape index (κ3) is 3.79. The Morgan fingerprint density at radius 2 is 2.00 bits per heavy atom. The van der Waals surface area contributed by atoms with Gasteiger partial charge in [-0.05, 0) is 31.4 Å². The van der Waals surface area contributed by atoms with Crippen LogP contribution in [0.15, 0.2) is 12.1 Å². The molecule has 0 spiro atoms. The summed E-state index contributed by atoms with van der Waals surface area (Å²) in [6.07, 6.45) is 2.10. The van der Waals surface area contributed by atoms with E-state index in [2.05, 4.69) is 0 Å². The largest absolute Gasteiger partial charge is 0.492 e. The van der Waals surface area contributed by atoms with Crippen molar-refractivity contribution in [2.24, 2.45) is 0 Å². The number of hydrogen-bond acceptors (Lipinski definition) is 3. The first-order chi connectivity index (χ1) is 9.86. The van der Waals surface area contributed by atoms with Crippen molar-refractivity contribution in [2.75, 3.05) is 12.4 Å². The van der Waals surface area contributed by atoms with E-state index < -0.39 is 20.5 Å². The number of sulfone groups is 1. The molecular weight excluding hydrogens is 355 g/mol. The highest BCUT2D eigenvalue weighted by atomic mass is 35.5. The first-order valence-corrected chi connectivity index (χ1v) is 9.75. The molecule has 1 fully saturated rings. The lowest BCUT2D eigenvalue weighted by atomic mass is 10.0. The standard InChI is InChI=1S/C14H17Cl3O3S/c1-2-20-12-8-10(15)9(7-11(12)16)14(17)13-5-3-4-6-21(13,18)19/h7-8,13-14H,2-6H2,1H3. The van der Waals surface area contributed by atoms with Crippen molar-refractivity contribution in [1.82, 2.24) is 0 Å². The van der Waals surface area contributed by atoms with E-state index in [1.165, 1.54) is 0 Å². The zero-order chi connectivity index (χ0) is 15.6. The van der Waals surface area contributed by atoms with Crippen molar-refractivity contribution in [2.45, 2.75) is 36.8 Å². The second kappa shape index (κ2) is 6.95. The van der Waals surface area contributed by atoms with Gasteiger partial charge in [-0.15, -0.1) is 11.6 Å². The average Bonchev–Trinajstić information content (AvgIpc) is 2.41. The molecular formula is C14H17Cl3O3S. The molecule has 0 aliphatic carbocycles. The van der Waals surface area contributed by atoms with Crippen LogP contribution in [0.2, 0.25) is 10.0 Å². The van der Waals surface area contributed by atoms with E-state index in [0.29, 0.717) is 40.8 Å². The molecule has 2 atom stereocenters. The molecule has 0 radical (unpaired) electrons. The van der Waals surface area contributed by atoms with Gasteiger partial charge in [0.1, 0.15) is 5.75 Å². The molecule has 1 aliphatic heterocycles. The van der Waals surface area contributed by atoms with Crippen LogP contribution in [0.4, 0.5) is 0 Å². The first kappa shape index (κ1) is 17.2. The van der Waals surface area contributed by atoms with Crippen molar-refractivity contribution in [3.05, 3.63) is 27.7 Å². The summed E-state index contributed by atoms with van der Waals surface area (Å²) >= 11 is 18.8. The fraction of sp³-hybridized carbons (Fsp3) is 0.571. The summed E-state index contributed by atoms with van der Waals surface area (Å²) in [5, 5.41) is -0.547. The predicted molar refractivity (Wildman–Crippen MR) is 87.7 cm³/mol. The van der Waals surface area contributed by atoms with Crippen molar-refractivity contribution >= 4 is 44.6 Å². The second-order valence-electron chi connectivity index (χ2n) is 5.04. The van der Waals surface area contributed by atoms with Crippen LogP contribution in [0.1, 0.15) is 37.1 Å². The zero-order valence-electron chi connectivity index (χ0n) is 11.6. The Balaban J connectivity index is 2.35. The summed E-state index contributed by atoms with van der Waals surface area (Å²) in [6, 6.07) is 3.20. The number of benzene rings is 1. The van der Waals surface area contributed by atoms with Crippen LogP contribution in [-0.2, 0) is 9.84 Å². The SMILES string of the molecule is CCOc1cc(Cl)c(C(Cl)C2CCCCS2(=O)=O)cc1Cl. The van der Waals surface area contributed by atoms with Crippen LogP contribution in [-0.4, -0.2) is 26.0 Å².